The first-order valence-electron chi connectivity index (χ1n) is 7.14. The van der Waals surface area contributed by atoms with E-state index in [1.54, 1.807) is 0 Å². The van der Waals surface area contributed by atoms with E-state index in [0.717, 1.165) is 32.2 Å². The Morgan fingerprint density at radius 1 is 1.18 bits per heavy atom. The summed E-state index contributed by atoms with van der Waals surface area (Å²) in [6.45, 7) is 14.5. The number of nitrogens with zero attached hydrogens (tertiary/aromatic N) is 1. The minimum absolute atomic E-state index is 0.647. The molecule has 0 spiro atoms. The molecule has 3 nitrogen and oxygen atoms in total. The first kappa shape index (κ1) is 14.9. The fraction of sp³-hybridized carbons (Fsp3) is 1.00. The molecule has 3 heteroatoms. The molecule has 0 unspecified atom stereocenters. The van der Waals surface area contributed by atoms with Gasteiger partial charge in [-0.25, -0.2) is 0 Å². The van der Waals surface area contributed by atoms with Crippen LogP contribution in [0.4, 0.5) is 0 Å². The Bertz CT molecular complexity index is 189. The van der Waals surface area contributed by atoms with Crippen molar-refractivity contribution in [1.29, 1.82) is 0 Å². The molecule has 0 aromatic carbocycles. The molecule has 102 valence electrons. The van der Waals surface area contributed by atoms with Crippen molar-refractivity contribution in [3.05, 3.63) is 0 Å². The normalized spacial score (nSPS) is 18.5. The molecule has 0 radical (unpaired) electrons. The van der Waals surface area contributed by atoms with Crippen LogP contribution in [0.25, 0.3) is 0 Å². The van der Waals surface area contributed by atoms with Gasteiger partial charge in [0.25, 0.3) is 0 Å². The third kappa shape index (κ3) is 6.39. The number of hydrogen-bond acceptors (Lipinski definition) is 3. The second-order valence-corrected chi connectivity index (χ2v) is 5.82. The number of rotatable bonds is 7. The minimum Gasteiger partial charge on any atom is -0.381 e. The van der Waals surface area contributed by atoms with Crippen LogP contribution in [0.3, 0.4) is 0 Å². The summed E-state index contributed by atoms with van der Waals surface area (Å²) in [5.41, 5.74) is 0. The Morgan fingerprint density at radius 2 is 1.82 bits per heavy atom. The van der Waals surface area contributed by atoms with E-state index in [9.17, 15) is 0 Å². The first-order valence-corrected chi connectivity index (χ1v) is 7.14. The Morgan fingerprint density at radius 3 is 2.35 bits per heavy atom. The minimum atomic E-state index is 0.647. The molecule has 1 aliphatic rings. The lowest BCUT2D eigenvalue weighted by Crippen LogP contribution is -2.43. The van der Waals surface area contributed by atoms with E-state index in [1.807, 2.05) is 0 Å². The maximum Gasteiger partial charge on any atom is 0.0480 e. The van der Waals surface area contributed by atoms with Gasteiger partial charge in [-0.05, 0) is 32.6 Å². The van der Waals surface area contributed by atoms with Gasteiger partial charge in [0, 0.05) is 44.9 Å². The van der Waals surface area contributed by atoms with Crippen molar-refractivity contribution < 1.29 is 4.74 Å². The maximum absolute atomic E-state index is 5.37. The van der Waals surface area contributed by atoms with Crippen molar-refractivity contribution in [2.24, 2.45) is 5.92 Å². The van der Waals surface area contributed by atoms with Crippen molar-refractivity contribution in [3.63, 3.8) is 0 Å². The Kier molecular flexibility index (Phi) is 7.09. The fourth-order valence-electron chi connectivity index (χ4n) is 2.34. The third-order valence-corrected chi connectivity index (χ3v) is 3.38. The van der Waals surface area contributed by atoms with Gasteiger partial charge in [-0.1, -0.05) is 13.8 Å². The molecule has 1 fully saturated rings. The average molecular weight is 242 g/mol. The number of ether oxygens (including phenoxy) is 1. The average Bonchev–Trinajstić information content (AvgIpc) is 2.28. The molecule has 0 amide bonds. The highest BCUT2D eigenvalue weighted by Crippen LogP contribution is 2.07. The summed E-state index contributed by atoms with van der Waals surface area (Å²) in [6, 6.07) is 1.32. The summed E-state index contributed by atoms with van der Waals surface area (Å²) >= 11 is 0. The van der Waals surface area contributed by atoms with Gasteiger partial charge in [-0.15, -0.1) is 0 Å². The molecule has 0 aromatic rings. The Balaban J connectivity index is 2.17. The second-order valence-electron chi connectivity index (χ2n) is 5.82. The standard InChI is InChI=1S/C14H30N2O/c1-12(2)11-16(13(3)4)8-7-15-14-5-9-17-10-6-14/h12-15H,5-11H2,1-4H3. The Labute approximate surface area is 107 Å². The Hall–Kier alpha value is -0.120. The number of nitrogens with one attached hydrogen (secondary N) is 1. The summed E-state index contributed by atoms with van der Waals surface area (Å²) in [5, 5.41) is 3.66. The molecule has 1 heterocycles. The van der Waals surface area contributed by atoms with Gasteiger partial charge in [0.05, 0.1) is 0 Å². The van der Waals surface area contributed by atoms with Gasteiger partial charge in [0.1, 0.15) is 0 Å². The SMILES string of the molecule is CC(C)CN(CCNC1CCOCC1)C(C)C. The molecular weight excluding hydrogens is 212 g/mol. The van der Waals surface area contributed by atoms with E-state index in [0.29, 0.717) is 12.1 Å². The van der Waals surface area contributed by atoms with Crippen LogP contribution in [-0.2, 0) is 4.74 Å². The lowest BCUT2D eigenvalue weighted by atomic mass is 10.1. The van der Waals surface area contributed by atoms with E-state index in [-0.39, 0.29) is 0 Å². The zero-order valence-corrected chi connectivity index (χ0v) is 12.0. The van der Waals surface area contributed by atoms with Crippen LogP contribution in [0.2, 0.25) is 0 Å². The van der Waals surface area contributed by atoms with Crippen LogP contribution in [0.5, 0.6) is 0 Å². The smallest absolute Gasteiger partial charge is 0.0480 e. The predicted molar refractivity (Wildman–Crippen MR) is 73.4 cm³/mol. The van der Waals surface area contributed by atoms with Crippen LogP contribution < -0.4 is 5.32 Å². The largest absolute Gasteiger partial charge is 0.381 e. The van der Waals surface area contributed by atoms with Crippen molar-refractivity contribution in [1.82, 2.24) is 10.2 Å². The first-order chi connectivity index (χ1) is 8.09. The molecule has 1 rings (SSSR count). The molecule has 0 saturated carbocycles. The number of hydrogen-bond donors (Lipinski definition) is 1. The van der Waals surface area contributed by atoms with Crippen LogP contribution in [-0.4, -0.2) is 49.8 Å². The van der Waals surface area contributed by atoms with Crippen LogP contribution in [0, 0.1) is 5.92 Å². The van der Waals surface area contributed by atoms with Crippen LogP contribution in [0.15, 0.2) is 0 Å². The molecular formula is C14H30N2O. The van der Waals surface area contributed by atoms with Crippen LogP contribution in [0.1, 0.15) is 40.5 Å². The lowest BCUT2D eigenvalue weighted by Gasteiger charge is -2.30. The second kappa shape index (κ2) is 8.06. The van der Waals surface area contributed by atoms with Gasteiger partial charge in [-0.3, -0.25) is 4.90 Å². The van der Waals surface area contributed by atoms with Crippen molar-refractivity contribution in [2.45, 2.75) is 52.6 Å². The molecule has 1 aliphatic heterocycles. The van der Waals surface area contributed by atoms with E-state index >= 15 is 0 Å². The van der Waals surface area contributed by atoms with Crippen molar-refractivity contribution in [3.8, 4) is 0 Å². The highest BCUT2D eigenvalue weighted by Gasteiger charge is 2.14. The van der Waals surface area contributed by atoms with Crippen molar-refractivity contribution in [2.75, 3.05) is 32.8 Å². The molecule has 0 aromatic heterocycles. The van der Waals surface area contributed by atoms with Gasteiger partial charge in [0.15, 0.2) is 0 Å². The van der Waals surface area contributed by atoms with E-state index in [4.69, 9.17) is 4.74 Å². The quantitative estimate of drug-likeness (QED) is 0.740. The fourth-order valence-corrected chi connectivity index (χ4v) is 2.34. The lowest BCUT2D eigenvalue weighted by molar-refractivity contribution is 0.0765. The summed E-state index contributed by atoms with van der Waals surface area (Å²) in [7, 11) is 0. The predicted octanol–water partition coefficient (Wildman–Crippen LogP) is 2.12. The monoisotopic (exact) mass is 242 g/mol. The zero-order valence-electron chi connectivity index (χ0n) is 12.0. The third-order valence-electron chi connectivity index (χ3n) is 3.38. The summed E-state index contributed by atoms with van der Waals surface area (Å²) in [5.74, 6) is 0.750. The van der Waals surface area contributed by atoms with Gasteiger partial charge in [-0.2, -0.15) is 0 Å². The van der Waals surface area contributed by atoms with E-state index in [1.165, 1.54) is 19.4 Å². The summed E-state index contributed by atoms with van der Waals surface area (Å²) < 4.78 is 5.37. The molecule has 17 heavy (non-hydrogen) atoms. The van der Waals surface area contributed by atoms with Gasteiger partial charge < -0.3 is 10.1 Å². The van der Waals surface area contributed by atoms with E-state index in [2.05, 4.69) is 37.9 Å². The molecule has 1 saturated heterocycles. The molecule has 0 bridgehead atoms. The highest BCUT2D eigenvalue weighted by atomic mass is 16.5. The molecule has 1 N–H and O–H groups in total. The summed E-state index contributed by atoms with van der Waals surface area (Å²) in [4.78, 5) is 2.57. The molecule has 0 atom stereocenters. The van der Waals surface area contributed by atoms with Gasteiger partial charge >= 0.3 is 0 Å². The zero-order chi connectivity index (χ0) is 12.7. The van der Waals surface area contributed by atoms with Crippen molar-refractivity contribution >= 4 is 0 Å². The molecule has 0 aliphatic carbocycles. The van der Waals surface area contributed by atoms with Gasteiger partial charge in [0.2, 0.25) is 0 Å². The maximum atomic E-state index is 5.37. The van der Waals surface area contributed by atoms with Crippen LogP contribution >= 0.6 is 0 Å². The van der Waals surface area contributed by atoms with E-state index < -0.39 is 0 Å². The highest BCUT2D eigenvalue weighted by molar-refractivity contribution is 4.72. The summed E-state index contributed by atoms with van der Waals surface area (Å²) in [6.07, 6.45) is 2.34. The topological polar surface area (TPSA) is 24.5 Å².